The minimum Gasteiger partial charge on any atom is -0.455 e. The van der Waals surface area contributed by atoms with Gasteiger partial charge in [-0.25, -0.2) is 4.39 Å². The molecule has 0 aliphatic rings. The van der Waals surface area contributed by atoms with Gasteiger partial charge < -0.3 is 10.1 Å². The summed E-state index contributed by atoms with van der Waals surface area (Å²) in [5.41, 5.74) is 2.38. The van der Waals surface area contributed by atoms with Crippen molar-refractivity contribution >= 4 is 0 Å². The van der Waals surface area contributed by atoms with Crippen molar-refractivity contribution in [1.82, 2.24) is 10.3 Å². The molecule has 0 bridgehead atoms. The molecule has 2 rings (SSSR count). The second kappa shape index (κ2) is 7.18. The summed E-state index contributed by atoms with van der Waals surface area (Å²) in [5, 5.41) is 3.13. The van der Waals surface area contributed by atoms with E-state index in [1.165, 1.54) is 6.07 Å². The summed E-state index contributed by atoms with van der Waals surface area (Å²) in [4.78, 5) is 4.47. The van der Waals surface area contributed by atoms with E-state index in [1.54, 1.807) is 12.1 Å². The molecule has 4 heteroatoms. The summed E-state index contributed by atoms with van der Waals surface area (Å²) in [6, 6.07) is 8.69. The molecule has 0 aliphatic heterocycles. The largest absolute Gasteiger partial charge is 0.455 e. The molecule has 2 aromatic rings. The highest BCUT2D eigenvalue weighted by atomic mass is 19.1. The van der Waals surface area contributed by atoms with E-state index in [0.29, 0.717) is 23.6 Å². The number of nitrogens with one attached hydrogen (secondary N) is 1. The van der Waals surface area contributed by atoms with Gasteiger partial charge in [0, 0.05) is 17.8 Å². The van der Waals surface area contributed by atoms with Crippen molar-refractivity contribution in [2.45, 2.75) is 33.7 Å². The Balaban J connectivity index is 2.33. The lowest BCUT2D eigenvalue weighted by Gasteiger charge is -2.14. The van der Waals surface area contributed by atoms with Gasteiger partial charge in [0.05, 0.1) is 5.69 Å². The Bertz CT molecular complexity index is 614. The van der Waals surface area contributed by atoms with Gasteiger partial charge in [-0.1, -0.05) is 19.9 Å². The van der Waals surface area contributed by atoms with E-state index in [4.69, 9.17) is 4.74 Å². The normalized spacial score (nSPS) is 10.7. The maximum atomic E-state index is 14.0. The SMILES string of the molecule is CCNCc1c(F)cccc1Oc1ccc(C)nc1CC. The fraction of sp³-hybridized carbons (Fsp3) is 0.353. The molecule has 0 saturated carbocycles. The molecular weight excluding hydrogens is 267 g/mol. The Morgan fingerprint density at radius 3 is 2.67 bits per heavy atom. The molecule has 0 fully saturated rings. The zero-order valence-electron chi connectivity index (χ0n) is 12.7. The lowest BCUT2D eigenvalue weighted by Crippen LogP contribution is -2.14. The maximum Gasteiger partial charge on any atom is 0.148 e. The molecule has 112 valence electrons. The number of ether oxygens (including phenoxy) is 1. The molecule has 1 aromatic heterocycles. The summed E-state index contributed by atoms with van der Waals surface area (Å²) >= 11 is 0. The van der Waals surface area contributed by atoms with Gasteiger partial charge in [0.15, 0.2) is 0 Å². The van der Waals surface area contributed by atoms with Crippen LogP contribution in [0.3, 0.4) is 0 Å². The van der Waals surface area contributed by atoms with E-state index in [2.05, 4.69) is 10.3 Å². The van der Waals surface area contributed by atoms with Crippen LogP contribution in [0.4, 0.5) is 4.39 Å². The molecule has 0 unspecified atom stereocenters. The minimum absolute atomic E-state index is 0.258. The lowest BCUT2D eigenvalue weighted by molar-refractivity contribution is 0.454. The van der Waals surface area contributed by atoms with Crippen molar-refractivity contribution in [1.29, 1.82) is 0 Å². The van der Waals surface area contributed by atoms with Crippen LogP contribution in [0.5, 0.6) is 11.5 Å². The molecule has 0 radical (unpaired) electrons. The van der Waals surface area contributed by atoms with Gasteiger partial charge in [-0.3, -0.25) is 4.98 Å². The van der Waals surface area contributed by atoms with E-state index in [-0.39, 0.29) is 5.82 Å². The number of rotatable bonds is 6. The number of pyridine rings is 1. The van der Waals surface area contributed by atoms with E-state index in [1.807, 2.05) is 32.9 Å². The fourth-order valence-electron chi connectivity index (χ4n) is 2.12. The average molecular weight is 288 g/mol. The summed E-state index contributed by atoms with van der Waals surface area (Å²) in [6.45, 7) is 7.18. The van der Waals surface area contributed by atoms with Crippen LogP contribution < -0.4 is 10.1 Å². The Labute approximate surface area is 125 Å². The third kappa shape index (κ3) is 3.79. The third-order valence-corrected chi connectivity index (χ3v) is 3.25. The number of benzene rings is 1. The van der Waals surface area contributed by atoms with Crippen molar-refractivity contribution in [2.24, 2.45) is 0 Å². The number of hydrogen-bond acceptors (Lipinski definition) is 3. The number of nitrogens with zero attached hydrogens (tertiary/aromatic N) is 1. The highest BCUT2D eigenvalue weighted by Crippen LogP contribution is 2.29. The smallest absolute Gasteiger partial charge is 0.148 e. The van der Waals surface area contributed by atoms with Gasteiger partial charge in [0.1, 0.15) is 17.3 Å². The number of hydrogen-bond donors (Lipinski definition) is 1. The van der Waals surface area contributed by atoms with Gasteiger partial charge >= 0.3 is 0 Å². The van der Waals surface area contributed by atoms with Gasteiger partial charge in [0.2, 0.25) is 0 Å². The first-order chi connectivity index (χ1) is 10.2. The first-order valence-electron chi connectivity index (χ1n) is 7.28. The standard InChI is InChI=1S/C17H21FN2O/c1-4-15-17(10-9-12(3)20-15)21-16-8-6-7-14(18)13(16)11-19-5-2/h6-10,19H,4-5,11H2,1-3H3. The number of halogens is 1. The maximum absolute atomic E-state index is 14.0. The van der Waals surface area contributed by atoms with Crippen LogP contribution in [0.15, 0.2) is 30.3 Å². The second-order valence-corrected chi connectivity index (χ2v) is 4.85. The monoisotopic (exact) mass is 288 g/mol. The lowest BCUT2D eigenvalue weighted by atomic mass is 10.1. The molecule has 0 saturated heterocycles. The van der Waals surface area contributed by atoms with Crippen LogP contribution >= 0.6 is 0 Å². The van der Waals surface area contributed by atoms with Crippen molar-refractivity contribution in [3.05, 3.63) is 53.1 Å². The topological polar surface area (TPSA) is 34.1 Å². The fourth-order valence-corrected chi connectivity index (χ4v) is 2.12. The Kier molecular flexibility index (Phi) is 5.28. The highest BCUT2D eigenvalue weighted by molar-refractivity contribution is 5.40. The number of aromatic nitrogens is 1. The molecule has 0 amide bonds. The van der Waals surface area contributed by atoms with Gasteiger partial charge in [-0.05, 0) is 44.2 Å². The third-order valence-electron chi connectivity index (χ3n) is 3.25. The highest BCUT2D eigenvalue weighted by Gasteiger charge is 2.12. The quantitative estimate of drug-likeness (QED) is 0.872. The van der Waals surface area contributed by atoms with Crippen molar-refractivity contribution < 1.29 is 9.13 Å². The molecule has 1 aromatic carbocycles. The van der Waals surface area contributed by atoms with Gasteiger partial charge in [-0.2, -0.15) is 0 Å². The van der Waals surface area contributed by atoms with Crippen LogP contribution in [0.25, 0.3) is 0 Å². The van der Waals surface area contributed by atoms with Crippen molar-refractivity contribution in [3.8, 4) is 11.5 Å². The predicted octanol–water partition coefficient (Wildman–Crippen LogP) is 3.99. The zero-order chi connectivity index (χ0) is 15.2. The van der Waals surface area contributed by atoms with Gasteiger partial charge in [0.25, 0.3) is 0 Å². The summed E-state index contributed by atoms with van der Waals surface area (Å²) in [7, 11) is 0. The minimum atomic E-state index is -0.258. The Hall–Kier alpha value is -1.94. The van der Waals surface area contributed by atoms with E-state index in [9.17, 15) is 4.39 Å². The zero-order valence-corrected chi connectivity index (χ0v) is 12.7. The van der Waals surface area contributed by atoms with Gasteiger partial charge in [-0.15, -0.1) is 0 Å². The summed E-state index contributed by atoms with van der Waals surface area (Å²) < 4.78 is 19.9. The molecular formula is C17H21FN2O. The van der Waals surface area contributed by atoms with E-state index in [0.717, 1.165) is 24.4 Å². The van der Waals surface area contributed by atoms with Crippen molar-refractivity contribution in [2.75, 3.05) is 6.54 Å². The van der Waals surface area contributed by atoms with Crippen LogP contribution in [-0.2, 0) is 13.0 Å². The first kappa shape index (κ1) is 15.4. The molecule has 0 atom stereocenters. The van der Waals surface area contributed by atoms with E-state index >= 15 is 0 Å². The molecule has 3 nitrogen and oxygen atoms in total. The molecule has 0 spiro atoms. The number of aryl methyl sites for hydroxylation is 2. The van der Waals surface area contributed by atoms with Crippen LogP contribution in [-0.4, -0.2) is 11.5 Å². The first-order valence-corrected chi connectivity index (χ1v) is 7.28. The van der Waals surface area contributed by atoms with Crippen LogP contribution in [0, 0.1) is 12.7 Å². The molecule has 0 aliphatic carbocycles. The Morgan fingerprint density at radius 2 is 1.95 bits per heavy atom. The molecule has 1 heterocycles. The molecule has 21 heavy (non-hydrogen) atoms. The second-order valence-electron chi connectivity index (χ2n) is 4.85. The summed E-state index contributed by atoms with van der Waals surface area (Å²) in [6.07, 6.45) is 0.773. The van der Waals surface area contributed by atoms with Crippen LogP contribution in [0.2, 0.25) is 0 Å². The average Bonchev–Trinajstić information content (AvgIpc) is 2.48. The molecule has 1 N–H and O–H groups in total. The predicted molar refractivity (Wildman–Crippen MR) is 82.2 cm³/mol. The summed E-state index contributed by atoms with van der Waals surface area (Å²) in [5.74, 6) is 0.967. The van der Waals surface area contributed by atoms with Crippen molar-refractivity contribution in [3.63, 3.8) is 0 Å². The van der Waals surface area contributed by atoms with Crippen LogP contribution in [0.1, 0.15) is 30.8 Å². The van der Waals surface area contributed by atoms with E-state index < -0.39 is 0 Å². The Morgan fingerprint density at radius 1 is 1.14 bits per heavy atom.